The van der Waals surface area contributed by atoms with E-state index in [9.17, 15) is 0 Å². The highest BCUT2D eigenvalue weighted by molar-refractivity contribution is 9.09. The van der Waals surface area contributed by atoms with Crippen molar-refractivity contribution in [3.8, 4) is 0 Å². The molecule has 0 spiro atoms. The summed E-state index contributed by atoms with van der Waals surface area (Å²) in [5.74, 6) is 0. The molecular formula is C14H32Br4N2O2. The van der Waals surface area contributed by atoms with Gasteiger partial charge in [-0.25, -0.2) is 0 Å². The molecule has 138 valence electrons. The molecule has 0 fully saturated rings. The summed E-state index contributed by atoms with van der Waals surface area (Å²) < 4.78 is 13.2. The van der Waals surface area contributed by atoms with Crippen molar-refractivity contribution in [3.05, 3.63) is 0 Å². The Morgan fingerprint density at radius 1 is 0.591 bits per heavy atom. The van der Waals surface area contributed by atoms with E-state index in [1.54, 1.807) is 0 Å². The largest absolute Gasteiger partial charge is 1.00 e. The summed E-state index contributed by atoms with van der Waals surface area (Å²) in [4.78, 5) is 0. The molecule has 0 unspecified atom stereocenters. The van der Waals surface area contributed by atoms with E-state index in [-0.39, 0.29) is 34.0 Å². The minimum Gasteiger partial charge on any atom is -1.00 e. The zero-order chi connectivity index (χ0) is 15.5. The molecule has 0 saturated carbocycles. The van der Waals surface area contributed by atoms with Crippen molar-refractivity contribution in [3.63, 3.8) is 0 Å². The molecule has 0 amide bonds. The van der Waals surface area contributed by atoms with Gasteiger partial charge in [-0.2, -0.15) is 0 Å². The number of halogens is 4. The second kappa shape index (κ2) is 16.2. The van der Waals surface area contributed by atoms with E-state index in [2.05, 4.69) is 60.1 Å². The Hall–Kier alpha value is 1.76. The van der Waals surface area contributed by atoms with E-state index < -0.39 is 0 Å². The number of nitrogens with zero attached hydrogens (tertiary/aromatic N) is 2. The van der Waals surface area contributed by atoms with Crippen molar-refractivity contribution in [1.29, 1.82) is 0 Å². The Morgan fingerprint density at radius 3 is 1.18 bits per heavy atom. The summed E-state index contributed by atoms with van der Waals surface area (Å²) in [5.41, 5.74) is 0. The second-order valence-electron chi connectivity index (χ2n) is 6.37. The molecule has 0 aliphatic rings. The lowest BCUT2D eigenvalue weighted by atomic mass is 10.4. The van der Waals surface area contributed by atoms with Gasteiger partial charge in [-0.15, -0.1) is 0 Å². The summed E-state index contributed by atoms with van der Waals surface area (Å²) in [6, 6.07) is 0. The summed E-state index contributed by atoms with van der Waals surface area (Å²) in [7, 11) is 8.91. The van der Waals surface area contributed by atoms with E-state index in [0.717, 1.165) is 59.0 Å². The molecule has 0 bridgehead atoms. The first-order chi connectivity index (χ1) is 9.33. The van der Waals surface area contributed by atoms with Crippen molar-refractivity contribution in [1.82, 2.24) is 0 Å². The fraction of sp³-hybridized carbons (Fsp3) is 1.00. The smallest absolute Gasteiger partial charge is 0.102 e. The number of quaternary nitrogens is 2. The van der Waals surface area contributed by atoms with Gasteiger partial charge in [0.15, 0.2) is 0 Å². The van der Waals surface area contributed by atoms with Crippen LogP contribution in [0.3, 0.4) is 0 Å². The number of alkyl halides is 2. The number of hydrogen-bond donors (Lipinski definition) is 0. The molecule has 0 aromatic rings. The Balaban J connectivity index is -0.00000180. The van der Waals surface area contributed by atoms with Crippen LogP contribution in [0.15, 0.2) is 0 Å². The monoisotopic (exact) mass is 576 g/mol. The number of likely N-dealkylation sites (N-methyl/N-ethyl adjacent to an activating group) is 2. The van der Waals surface area contributed by atoms with Gasteiger partial charge in [0, 0.05) is 0 Å². The molecule has 0 rings (SSSR count). The minimum absolute atomic E-state index is 0. The summed E-state index contributed by atoms with van der Waals surface area (Å²) in [6.45, 7) is 7.33. The molecule has 0 radical (unpaired) electrons. The first-order valence-electron chi connectivity index (χ1n) is 7.24. The highest BCUT2D eigenvalue weighted by Crippen LogP contribution is 1.99. The predicted octanol–water partition coefficient (Wildman–Crippen LogP) is -4.03. The van der Waals surface area contributed by atoms with Gasteiger partial charge in [0.05, 0.1) is 78.4 Å². The fourth-order valence-corrected chi connectivity index (χ4v) is 3.55. The minimum atomic E-state index is 0. The third-order valence-corrected chi connectivity index (χ3v) is 4.14. The van der Waals surface area contributed by atoms with Crippen molar-refractivity contribution in [2.75, 3.05) is 91.5 Å². The molecule has 0 N–H and O–H groups in total. The average molecular weight is 580 g/mol. The average Bonchev–Trinajstić information content (AvgIpc) is 2.32. The predicted molar refractivity (Wildman–Crippen MR) is 92.9 cm³/mol. The van der Waals surface area contributed by atoms with Crippen molar-refractivity contribution in [2.45, 2.75) is 0 Å². The van der Waals surface area contributed by atoms with Crippen molar-refractivity contribution < 1.29 is 52.4 Å². The highest BCUT2D eigenvalue weighted by Gasteiger charge is 2.14. The Kier molecular flexibility index (Phi) is 21.1. The molecule has 0 aliphatic heterocycles. The van der Waals surface area contributed by atoms with Gasteiger partial charge in [-0.1, -0.05) is 31.9 Å². The molecule has 0 aliphatic carbocycles. The summed E-state index contributed by atoms with van der Waals surface area (Å²) in [5, 5.41) is 2.07. The molecule has 0 heterocycles. The Labute approximate surface area is 174 Å². The maximum absolute atomic E-state index is 5.63. The van der Waals surface area contributed by atoms with Gasteiger partial charge in [-0.3, -0.25) is 0 Å². The van der Waals surface area contributed by atoms with Gasteiger partial charge in [0.2, 0.25) is 0 Å². The molecule has 4 nitrogen and oxygen atoms in total. The Bertz CT molecular complexity index is 221. The lowest BCUT2D eigenvalue weighted by Gasteiger charge is -2.29. The lowest BCUT2D eigenvalue weighted by molar-refractivity contribution is -0.888. The molecule has 22 heavy (non-hydrogen) atoms. The van der Waals surface area contributed by atoms with E-state index in [0.29, 0.717) is 13.2 Å². The van der Waals surface area contributed by atoms with Crippen molar-refractivity contribution in [2.24, 2.45) is 0 Å². The Morgan fingerprint density at radius 2 is 0.909 bits per heavy atom. The first kappa shape index (κ1) is 28.6. The third kappa shape index (κ3) is 18.1. The van der Waals surface area contributed by atoms with E-state index in [1.165, 1.54) is 0 Å². The van der Waals surface area contributed by atoms with E-state index in [1.807, 2.05) is 0 Å². The van der Waals surface area contributed by atoms with Crippen LogP contribution in [0.1, 0.15) is 0 Å². The maximum atomic E-state index is 5.63. The molecule has 0 saturated heterocycles. The maximum Gasteiger partial charge on any atom is 0.102 e. The summed E-state index contributed by atoms with van der Waals surface area (Å²) >= 11 is 6.96. The number of ether oxygens (including phenoxy) is 2. The SMILES string of the molecule is C[N+](C)(CCBr)CCOCCOCC[N+](C)(C)CCBr.[Br-].[Br-]. The number of hydrogen-bond acceptors (Lipinski definition) is 2. The topological polar surface area (TPSA) is 18.5 Å². The lowest BCUT2D eigenvalue weighted by Crippen LogP contribution is -3.00. The van der Waals surface area contributed by atoms with Crippen LogP contribution in [0.4, 0.5) is 0 Å². The van der Waals surface area contributed by atoms with Gasteiger partial charge >= 0.3 is 0 Å². The fourth-order valence-electron chi connectivity index (χ4n) is 1.63. The van der Waals surface area contributed by atoms with Crippen LogP contribution in [-0.4, -0.2) is 100 Å². The van der Waals surface area contributed by atoms with E-state index in [4.69, 9.17) is 9.47 Å². The molecule has 0 aromatic carbocycles. The van der Waals surface area contributed by atoms with Gasteiger partial charge in [0.25, 0.3) is 0 Å². The van der Waals surface area contributed by atoms with Crippen LogP contribution >= 0.6 is 31.9 Å². The van der Waals surface area contributed by atoms with Gasteiger partial charge < -0.3 is 52.4 Å². The van der Waals surface area contributed by atoms with Crippen LogP contribution in [0.5, 0.6) is 0 Å². The second-order valence-corrected chi connectivity index (χ2v) is 7.95. The molecule has 0 atom stereocenters. The van der Waals surface area contributed by atoms with Crippen LogP contribution < -0.4 is 34.0 Å². The standard InChI is InChI=1S/C14H32Br2N2O2.2BrH/c1-17(2,7-5-15)9-11-19-13-14-20-12-10-18(3,4)8-6-16;;/h5-14H2,1-4H3;2*1H/q+2;;/p-2. The van der Waals surface area contributed by atoms with Gasteiger partial charge in [-0.05, 0) is 0 Å². The molecule has 0 aromatic heterocycles. The zero-order valence-electron chi connectivity index (χ0n) is 14.3. The van der Waals surface area contributed by atoms with Crippen LogP contribution in [-0.2, 0) is 9.47 Å². The molecule has 8 heteroatoms. The quantitative estimate of drug-likeness (QED) is 0.126. The van der Waals surface area contributed by atoms with Crippen LogP contribution in [0, 0.1) is 0 Å². The first-order valence-corrected chi connectivity index (χ1v) is 9.49. The van der Waals surface area contributed by atoms with Crippen molar-refractivity contribution >= 4 is 31.9 Å². The van der Waals surface area contributed by atoms with E-state index >= 15 is 0 Å². The molecular weight excluding hydrogens is 548 g/mol. The van der Waals surface area contributed by atoms with Gasteiger partial charge in [0.1, 0.15) is 13.1 Å². The number of rotatable bonds is 13. The highest BCUT2D eigenvalue weighted by atomic mass is 79.9. The normalized spacial score (nSPS) is 11.7. The third-order valence-electron chi connectivity index (χ3n) is 3.43. The van der Waals surface area contributed by atoms with Crippen LogP contribution in [0.25, 0.3) is 0 Å². The zero-order valence-corrected chi connectivity index (χ0v) is 20.6. The summed E-state index contributed by atoms with van der Waals surface area (Å²) in [6.07, 6.45) is 0. The van der Waals surface area contributed by atoms with Crippen LogP contribution in [0.2, 0.25) is 0 Å².